The second-order valence-corrected chi connectivity index (χ2v) is 4.51. The lowest BCUT2D eigenvalue weighted by Gasteiger charge is -2.05. The van der Waals surface area contributed by atoms with Gasteiger partial charge in [-0.15, -0.1) is 10.2 Å². The van der Waals surface area contributed by atoms with Crippen LogP contribution in [0.5, 0.6) is 0 Å². The maximum atomic E-state index is 12.4. The molecule has 3 rings (SSSR count). The number of hydrogen-bond acceptors (Lipinski definition) is 4. The molecule has 0 radical (unpaired) electrons. The van der Waals surface area contributed by atoms with Gasteiger partial charge in [0.15, 0.2) is 0 Å². The zero-order valence-corrected chi connectivity index (χ0v) is 11.0. The van der Waals surface area contributed by atoms with E-state index >= 15 is 0 Å². The van der Waals surface area contributed by atoms with Crippen molar-refractivity contribution in [1.29, 1.82) is 0 Å². The number of nitrogens with zero attached hydrogens (tertiary/aromatic N) is 4. The third-order valence-corrected chi connectivity index (χ3v) is 3.14. The van der Waals surface area contributed by atoms with E-state index in [9.17, 15) is 9.59 Å². The number of aryl methyl sites for hydroxylation is 1. The molecule has 7 nitrogen and oxygen atoms in total. The zero-order chi connectivity index (χ0) is 14.8. The molecule has 2 heterocycles. The molecule has 0 amide bonds. The van der Waals surface area contributed by atoms with Crippen molar-refractivity contribution in [2.45, 2.75) is 12.8 Å². The summed E-state index contributed by atoms with van der Waals surface area (Å²) in [5, 5.41) is 16.5. The molecule has 2 aromatic heterocycles. The maximum Gasteiger partial charge on any atom is 0.303 e. The number of aromatic nitrogens is 4. The maximum absolute atomic E-state index is 12.4. The van der Waals surface area contributed by atoms with Gasteiger partial charge in [-0.3, -0.25) is 18.6 Å². The van der Waals surface area contributed by atoms with Crippen molar-refractivity contribution in [3.63, 3.8) is 0 Å². The highest BCUT2D eigenvalue weighted by Crippen LogP contribution is 2.07. The Labute approximate surface area is 119 Å². The summed E-state index contributed by atoms with van der Waals surface area (Å²) in [6, 6.07) is 9.19. The summed E-state index contributed by atoms with van der Waals surface area (Å²) in [5.41, 5.74) is 0.625. The molecule has 21 heavy (non-hydrogen) atoms. The molecular weight excluding hydrogens is 272 g/mol. The summed E-state index contributed by atoms with van der Waals surface area (Å²) in [4.78, 5) is 23.0. The van der Waals surface area contributed by atoms with Crippen LogP contribution in [-0.2, 0) is 11.2 Å². The Morgan fingerprint density at radius 3 is 2.62 bits per heavy atom. The molecule has 0 aliphatic rings. The van der Waals surface area contributed by atoms with Gasteiger partial charge in [-0.1, -0.05) is 18.2 Å². The van der Waals surface area contributed by atoms with E-state index in [1.807, 2.05) is 30.3 Å². The third-order valence-electron chi connectivity index (χ3n) is 3.14. The summed E-state index contributed by atoms with van der Waals surface area (Å²) in [7, 11) is 0. The summed E-state index contributed by atoms with van der Waals surface area (Å²) < 4.78 is 3.01. The standard InChI is InChI=1S/C14H12N4O3/c19-12(20)7-6-11-15-16-13-14(21)17(8-9-18(11)13)10-4-2-1-3-5-10/h1-5,8-9H,6-7H2,(H,19,20). The van der Waals surface area contributed by atoms with Gasteiger partial charge in [0, 0.05) is 24.5 Å². The number of carbonyl (C=O) groups is 1. The molecule has 1 N–H and O–H groups in total. The van der Waals surface area contributed by atoms with Gasteiger partial charge in [0.25, 0.3) is 0 Å². The fraction of sp³-hybridized carbons (Fsp3) is 0.143. The Hall–Kier alpha value is -2.96. The number of hydrogen-bond donors (Lipinski definition) is 1. The number of carboxylic acid groups (broad SMARTS) is 1. The first-order valence-electron chi connectivity index (χ1n) is 6.39. The second kappa shape index (κ2) is 5.20. The van der Waals surface area contributed by atoms with Crippen molar-refractivity contribution < 1.29 is 9.90 Å². The Kier molecular flexibility index (Phi) is 3.23. The van der Waals surface area contributed by atoms with Gasteiger partial charge in [0.2, 0.25) is 5.65 Å². The molecule has 106 valence electrons. The van der Waals surface area contributed by atoms with Crippen molar-refractivity contribution >= 4 is 11.6 Å². The van der Waals surface area contributed by atoms with Crippen LogP contribution in [0.3, 0.4) is 0 Å². The highest BCUT2D eigenvalue weighted by molar-refractivity contribution is 5.66. The van der Waals surface area contributed by atoms with Crippen LogP contribution < -0.4 is 5.56 Å². The Morgan fingerprint density at radius 2 is 1.90 bits per heavy atom. The molecule has 7 heteroatoms. The van der Waals surface area contributed by atoms with Gasteiger partial charge in [-0.05, 0) is 12.1 Å². The van der Waals surface area contributed by atoms with Crippen molar-refractivity contribution in [1.82, 2.24) is 19.2 Å². The quantitative estimate of drug-likeness (QED) is 0.768. The first-order valence-corrected chi connectivity index (χ1v) is 6.39. The topological polar surface area (TPSA) is 89.5 Å². The van der Waals surface area contributed by atoms with E-state index in [4.69, 9.17) is 5.11 Å². The van der Waals surface area contributed by atoms with Gasteiger partial charge < -0.3 is 5.11 Å². The lowest BCUT2D eigenvalue weighted by Crippen LogP contribution is -2.20. The fourth-order valence-corrected chi connectivity index (χ4v) is 2.12. The molecule has 3 aromatic rings. The van der Waals surface area contributed by atoms with E-state index in [0.717, 1.165) is 5.69 Å². The first kappa shape index (κ1) is 13.0. The number of benzene rings is 1. The van der Waals surface area contributed by atoms with Gasteiger partial charge in [0.1, 0.15) is 5.82 Å². The van der Waals surface area contributed by atoms with Crippen LogP contribution in [0.4, 0.5) is 0 Å². The smallest absolute Gasteiger partial charge is 0.303 e. The van der Waals surface area contributed by atoms with E-state index in [1.165, 1.54) is 8.97 Å². The normalized spacial score (nSPS) is 10.9. The summed E-state index contributed by atoms with van der Waals surface area (Å²) in [5.74, 6) is -0.450. The van der Waals surface area contributed by atoms with Crippen LogP contribution in [0.1, 0.15) is 12.2 Å². The molecule has 0 aliphatic heterocycles. The Morgan fingerprint density at radius 1 is 1.14 bits per heavy atom. The van der Waals surface area contributed by atoms with Crippen LogP contribution >= 0.6 is 0 Å². The van der Waals surface area contributed by atoms with Gasteiger partial charge in [-0.2, -0.15) is 0 Å². The lowest BCUT2D eigenvalue weighted by molar-refractivity contribution is -0.137. The largest absolute Gasteiger partial charge is 0.481 e. The average molecular weight is 284 g/mol. The van der Waals surface area contributed by atoms with Crippen LogP contribution in [-0.4, -0.2) is 30.2 Å². The molecule has 0 atom stereocenters. The van der Waals surface area contributed by atoms with Crippen LogP contribution in [0.25, 0.3) is 11.3 Å². The van der Waals surface area contributed by atoms with Crippen molar-refractivity contribution in [3.8, 4) is 5.69 Å². The van der Waals surface area contributed by atoms with Gasteiger partial charge in [0.05, 0.1) is 6.42 Å². The number of para-hydroxylation sites is 1. The van der Waals surface area contributed by atoms with Crippen molar-refractivity contribution in [2.24, 2.45) is 0 Å². The monoisotopic (exact) mass is 284 g/mol. The molecule has 0 unspecified atom stereocenters. The molecule has 0 saturated heterocycles. The highest BCUT2D eigenvalue weighted by atomic mass is 16.4. The lowest BCUT2D eigenvalue weighted by atomic mass is 10.3. The molecular formula is C14H12N4O3. The number of aliphatic carboxylic acids is 1. The SMILES string of the molecule is O=C(O)CCc1nnc2c(=O)n(-c3ccccc3)ccn12. The van der Waals surface area contributed by atoms with Gasteiger partial charge in [-0.25, -0.2) is 0 Å². The molecule has 0 spiro atoms. The molecule has 0 bridgehead atoms. The Balaban J connectivity index is 2.07. The van der Waals surface area contributed by atoms with Crippen molar-refractivity contribution in [2.75, 3.05) is 0 Å². The number of fused-ring (bicyclic) bond motifs is 1. The second-order valence-electron chi connectivity index (χ2n) is 4.51. The fourth-order valence-electron chi connectivity index (χ4n) is 2.12. The van der Waals surface area contributed by atoms with Crippen LogP contribution in [0.2, 0.25) is 0 Å². The number of carboxylic acids is 1. The molecule has 0 saturated carbocycles. The van der Waals surface area contributed by atoms with E-state index in [1.54, 1.807) is 12.4 Å². The number of rotatable bonds is 4. The van der Waals surface area contributed by atoms with Crippen LogP contribution in [0.15, 0.2) is 47.5 Å². The minimum atomic E-state index is -0.913. The summed E-state index contributed by atoms with van der Waals surface area (Å²) in [6.07, 6.45) is 3.47. The summed E-state index contributed by atoms with van der Waals surface area (Å²) in [6.45, 7) is 0. The highest BCUT2D eigenvalue weighted by Gasteiger charge is 2.12. The minimum absolute atomic E-state index is 0.0530. The average Bonchev–Trinajstić information content (AvgIpc) is 2.90. The predicted octanol–water partition coefficient (Wildman–Crippen LogP) is 0.897. The van der Waals surface area contributed by atoms with Crippen molar-refractivity contribution in [3.05, 3.63) is 58.9 Å². The van der Waals surface area contributed by atoms with E-state index in [0.29, 0.717) is 5.82 Å². The van der Waals surface area contributed by atoms with Gasteiger partial charge >= 0.3 is 11.5 Å². The van der Waals surface area contributed by atoms with E-state index in [-0.39, 0.29) is 24.0 Å². The van der Waals surface area contributed by atoms with Crippen LogP contribution in [0, 0.1) is 0 Å². The minimum Gasteiger partial charge on any atom is -0.481 e. The first-order chi connectivity index (χ1) is 10.2. The summed E-state index contributed by atoms with van der Waals surface area (Å²) >= 11 is 0. The zero-order valence-electron chi connectivity index (χ0n) is 11.0. The molecule has 0 aliphatic carbocycles. The van der Waals surface area contributed by atoms with E-state index < -0.39 is 5.97 Å². The third kappa shape index (κ3) is 2.40. The molecule has 1 aromatic carbocycles. The predicted molar refractivity (Wildman–Crippen MR) is 74.5 cm³/mol. The molecule has 0 fully saturated rings. The Bertz CT molecular complexity index is 852. The van der Waals surface area contributed by atoms with E-state index in [2.05, 4.69) is 10.2 Å².